The Kier molecular flexibility index (Phi) is 8.84. The van der Waals surface area contributed by atoms with E-state index in [1.807, 2.05) is 30.3 Å². The summed E-state index contributed by atoms with van der Waals surface area (Å²) in [6.45, 7) is 1.30. The maximum absolute atomic E-state index is 13.0. The highest BCUT2D eigenvalue weighted by Crippen LogP contribution is 2.26. The van der Waals surface area contributed by atoms with E-state index in [9.17, 15) is 15.1 Å². The fraction of sp³-hybridized carbons (Fsp3) is 0.364. The van der Waals surface area contributed by atoms with Gasteiger partial charge in [0.25, 0.3) is 5.91 Å². The van der Waals surface area contributed by atoms with Gasteiger partial charge in [-0.1, -0.05) is 58.8 Å². The molecule has 2 aromatic rings. The van der Waals surface area contributed by atoms with Gasteiger partial charge in [0, 0.05) is 22.3 Å². The van der Waals surface area contributed by atoms with Gasteiger partial charge in [0.15, 0.2) is 6.29 Å². The number of carbonyl (C=O) groups is 2. The number of nitrogens with one attached hydrogen (secondary N) is 2. The van der Waals surface area contributed by atoms with Crippen LogP contribution in [0.2, 0.25) is 0 Å². The fourth-order valence-corrected chi connectivity index (χ4v) is 3.71. The number of hydrogen-bond donors (Lipinski definition) is 2. The molecule has 12 nitrogen and oxygen atoms in total. The molecule has 12 heteroatoms. The van der Waals surface area contributed by atoms with E-state index in [-0.39, 0.29) is 13.2 Å². The number of hydrogen-bond acceptors (Lipinski definition) is 6. The van der Waals surface area contributed by atoms with E-state index in [4.69, 9.17) is 15.0 Å². The van der Waals surface area contributed by atoms with Crippen LogP contribution < -0.4 is 10.6 Å². The zero-order valence-electron chi connectivity index (χ0n) is 18.4. The van der Waals surface area contributed by atoms with Crippen LogP contribution in [0.5, 0.6) is 0 Å². The van der Waals surface area contributed by atoms with Crippen molar-refractivity contribution in [2.45, 2.75) is 44.1 Å². The fourth-order valence-electron chi connectivity index (χ4n) is 3.71. The first kappa shape index (κ1) is 24.6. The molecule has 0 radical (unpaired) electrons. The number of carbonyl (C=O) groups excluding carboxylic acids is 2. The number of nitrogens with zero attached hydrogens (tertiary/aromatic N) is 6. The molecular formula is C22H24N8O4. The SMILES string of the molecule is CC(=O)N[C@H]1[C@H](OCc2ccccc2)O[C@@H](CN=[N+]=[N-])[C@H](N=[N+]=[N-])[C@H]1NC(=O)c1ccccc1. The van der Waals surface area contributed by atoms with Crippen molar-refractivity contribution in [3.63, 3.8) is 0 Å². The van der Waals surface area contributed by atoms with Gasteiger partial charge in [-0.05, 0) is 28.8 Å². The van der Waals surface area contributed by atoms with E-state index < -0.39 is 42.3 Å². The van der Waals surface area contributed by atoms with E-state index >= 15 is 0 Å². The van der Waals surface area contributed by atoms with Crippen LogP contribution in [0.15, 0.2) is 70.9 Å². The third kappa shape index (κ3) is 6.47. The smallest absolute Gasteiger partial charge is 0.251 e. The van der Waals surface area contributed by atoms with Crippen molar-refractivity contribution in [2.24, 2.45) is 10.2 Å². The van der Waals surface area contributed by atoms with Crippen molar-refractivity contribution < 1.29 is 19.1 Å². The average Bonchev–Trinajstić information content (AvgIpc) is 2.85. The molecule has 3 rings (SSSR count). The number of benzene rings is 2. The molecule has 0 aliphatic carbocycles. The summed E-state index contributed by atoms with van der Waals surface area (Å²) >= 11 is 0. The topological polar surface area (TPSA) is 174 Å². The summed E-state index contributed by atoms with van der Waals surface area (Å²) < 4.78 is 12.0. The van der Waals surface area contributed by atoms with Crippen LogP contribution in [0.3, 0.4) is 0 Å². The predicted octanol–water partition coefficient (Wildman–Crippen LogP) is 3.22. The summed E-state index contributed by atoms with van der Waals surface area (Å²) in [5.74, 6) is -0.834. The largest absolute Gasteiger partial charge is 0.347 e. The molecule has 2 amide bonds. The number of rotatable bonds is 9. The molecule has 2 N–H and O–H groups in total. The van der Waals surface area contributed by atoms with Gasteiger partial charge in [0.1, 0.15) is 6.04 Å². The molecule has 1 aliphatic rings. The highest BCUT2D eigenvalue weighted by molar-refractivity contribution is 5.94. The molecule has 0 aromatic heterocycles. The second-order valence-corrected chi connectivity index (χ2v) is 7.54. The second kappa shape index (κ2) is 12.2. The molecular weight excluding hydrogens is 440 g/mol. The molecule has 0 spiro atoms. The van der Waals surface area contributed by atoms with Gasteiger partial charge in [-0.3, -0.25) is 9.59 Å². The lowest BCUT2D eigenvalue weighted by Crippen LogP contribution is -2.68. The van der Waals surface area contributed by atoms with Crippen LogP contribution in [0.25, 0.3) is 20.9 Å². The van der Waals surface area contributed by atoms with Crippen LogP contribution in [0.1, 0.15) is 22.8 Å². The first-order chi connectivity index (χ1) is 16.5. The maximum Gasteiger partial charge on any atom is 0.251 e. The Bertz CT molecular complexity index is 1070. The standard InChI is InChI=1S/C22H24N8O4/c1-14(31)26-20-19(27-21(32)16-10-6-3-7-11-16)18(28-30-24)17(12-25-29-23)34-22(20)33-13-15-8-4-2-5-9-15/h2-11,17-20,22H,12-13H2,1H3,(H,26,31)(H,27,32)/t17-,18-,19+,20+,22+/m0/s1. The number of azide groups is 2. The summed E-state index contributed by atoms with van der Waals surface area (Å²) in [5.41, 5.74) is 19.2. The zero-order chi connectivity index (χ0) is 24.3. The van der Waals surface area contributed by atoms with Crippen LogP contribution in [0, 0.1) is 0 Å². The van der Waals surface area contributed by atoms with Crippen molar-refractivity contribution in [2.75, 3.05) is 6.54 Å². The maximum atomic E-state index is 13.0. The van der Waals surface area contributed by atoms with Crippen LogP contribution >= 0.6 is 0 Å². The normalized spacial score (nSPS) is 23.6. The van der Waals surface area contributed by atoms with Crippen LogP contribution in [0.4, 0.5) is 0 Å². The summed E-state index contributed by atoms with van der Waals surface area (Å²) in [4.78, 5) is 30.7. The first-order valence-electron chi connectivity index (χ1n) is 10.5. The lowest BCUT2D eigenvalue weighted by atomic mass is 9.91. The predicted molar refractivity (Wildman–Crippen MR) is 122 cm³/mol. The van der Waals surface area contributed by atoms with Gasteiger partial charge in [-0.25, -0.2) is 0 Å². The minimum absolute atomic E-state index is 0.154. The Morgan fingerprint density at radius 1 is 1.00 bits per heavy atom. The second-order valence-electron chi connectivity index (χ2n) is 7.54. The van der Waals surface area contributed by atoms with E-state index in [1.165, 1.54) is 6.92 Å². The molecule has 1 heterocycles. The Morgan fingerprint density at radius 2 is 1.68 bits per heavy atom. The van der Waals surface area contributed by atoms with Gasteiger partial charge in [-0.2, -0.15) is 0 Å². The quantitative estimate of drug-likeness (QED) is 0.329. The van der Waals surface area contributed by atoms with Gasteiger partial charge in [0.05, 0.1) is 31.3 Å². The minimum atomic E-state index is -1.03. The van der Waals surface area contributed by atoms with Gasteiger partial charge < -0.3 is 20.1 Å². The van der Waals surface area contributed by atoms with E-state index in [2.05, 4.69) is 30.7 Å². The third-order valence-electron chi connectivity index (χ3n) is 5.21. The van der Waals surface area contributed by atoms with Crippen molar-refractivity contribution in [3.8, 4) is 0 Å². The van der Waals surface area contributed by atoms with Crippen molar-refractivity contribution in [3.05, 3.63) is 92.7 Å². The molecule has 1 aliphatic heterocycles. The number of amides is 2. The Labute approximate surface area is 195 Å². The number of ether oxygens (including phenoxy) is 2. The monoisotopic (exact) mass is 464 g/mol. The molecule has 0 bridgehead atoms. The van der Waals surface area contributed by atoms with Crippen LogP contribution in [-0.2, 0) is 20.9 Å². The average molecular weight is 464 g/mol. The lowest BCUT2D eigenvalue weighted by Gasteiger charge is -2.45. The highest BCUT2D eigenvalue weighted by Gasteiger charge is 2.47. The third-order valence-corrected chi connectivity index (χ3v) is 5.21. The lowest BCUT2D eigenvalue weighted by molar-refractivity contribution is -0.221. The minimum Gasteiger partial charge on any atom is -0.347 e. The van der Waals surface area contributed by atoms with Gasteiger partial charge in [-0.15, -0.1) is 0 Å². The van der Waals surface area contributed by atoms with Crippen molar-refractivity contribution in [1.82, 2.24) is 10.6 Å². The Hall–Kier alpha value is -4.08. The summed E-state index contributed by atoms with van der Waals surface area (Å²) in [6, 6.07) is 15.0. The van der Waals surface area contributed by atoms with Gasteiger partial charge in [0.2, 0.25) is 5.91 Å². The van der Waals surface area contributed by atoms with Crippen LogP contribution in [-0.4, -0.2) is 48.9 Å². The van der Waals surface area contributed by atoms with E-state index in [0.717, 1.165) is 5.56 Å². The molecule has 2 aromatic carbocycles. The Balaban J connectivity index is 1.95. The molecule has 5 atom stereocenters. The molecule has 176 valence electrons. The van der Waals surface area contributed by atoms with Gasteiger partial charge >= 0.3 is 0 Å². The molecule has 0 saturated carbocycles. The summed E-state index contributed by atoms with van der Waals surface area (Å²) in [6.07, 6.45) is -1.94. The molecule has 1 saturated heterocycles. The molecule has 34 heavy (non-hydrogen) atoms. The Morgan fingerprint density at radius 3 is 2.29 bits per heavy atom. The molecule has 1 fully saturated rings. The van der Waals surface area contributed by atoms with E-state index in [0.29, 0.717) is 5.56 Å². The van der Waals surface area contributed by atoms with E-state index in [1.54, 1.807) is 30.3 Å². The highest BCUT2D eigenvalue weighted by atomic mass is 16.7. The van der Waals surface area contributed by atoms with Crippen molar-refractivity contribution in [1.29, 1.82) is 0 Å². The van der Waals surface area contributed by atoms with Crippen molar-refractivity contribution >= 4 is 11.8 Å². The first-order valence-corrected chi connectivity index (χ1v) is 10.5. The summed E-state index contributed by atoms with van der Waals surface area (Å²) in [7, 11) is 0. The zero-order valence-corrected chi connectivity index (χ0v) is 18.4. The molecule has 0 unspecified atom stereocenters. The summed E-state index contributed by atoms with van der Waals surface area (Å²) in [5, 5.41) is 13.0.